The molecule has 2 aliphatic rings. The fourth-order valence-corrected chi connectivity index (χ4v) is 5.43. The lowest BCUT2D eigenvalue weighted by Crippen LogP contribution is -2.40. The molecule has 1 N–H and O–H groups in total. The first-order valence-electron chi connectivity index (χ1n) is 10.7. The topological polar surface area (TPSA) is 97.8 Å². The molecule has 2 aromatic rings. The number of halogens is 1. The van der Waals surface area contributed by atoms with Crippen LogP contribution in [0.4, 0.5) is 0 Å². The van der Waals surface area contributed by atoms with Crippen molar-refractivity contribution >= 4 is 27.5 Å². The van der Waals surface area contributed by atoms with E-state index in [1.807, 2.05) is 0 Å². The molecule has 1 aromatic heterocycles. The SMILES string of the molecule is O=C(NC1CCC(Oc2ccc(Cl)cn2)CC1)c1ccc(S(=O)(=O)N2CCOCC2)cc1. The van der Waals surface area contributed by atoms with E-state index in [1.165, 1.54) is 16.4 Å². The number of ether oxygens (including phenoxy) is 2. The molecule has 2 heterocycles. The molecule has 1 saturated heterocycles. The first-order valence-corrected chi connectivity index (χ1v) is 12.5. The van der Waals surface area contributed by atoms with Crippen molar-refractivity contribution in [3.8, 4) is 5.88 Å². The minimum Gasteiger partial charge on any atom is -0.474 e. The van der Waals surface area contributed by atoms with Crippen LogP contribution >= 0.6 is 11.6 Å². The maximum atomic E-state index is 12.7. The molecule has 0 atom stereocenters. The number of amides is 1. The molecule has 1 saturated carbocycles. The highest BCUT2D eigenvalue weighted by atomic mass is 35.5. The van der Waals surface area contributed by atoms with Gasteiger partial charge in [0.2, 0.25) is 15.9 Å². The number of sulfonamides is 1. The molecule has 0 bridgehead atoms. The number of nitrogens with zero attached hydrogens (tertiary/aromatic N) is 2. The number of carbonyl (C=O) groups excluding carboxylic acids is 1. The molecule has 0 radical (unpaired) electrons. The number of aromatic nitrogens is 1. The molecule has 8 nitrogen and oxygen atoms in total. The molecule has 4 rings (SSSR count). The Morgan fingerprint density at radius 2 is 1.75 bits per heavy atom. The highest BCUT2D eigenvalue weighted by Gasteiger charge is 2.27. The van der Waals surface area contributed by atoms with E-state index in [0.717, 1.165) is 25.7 Å². The molecule has 0 unspecified atom stereocenters. The van der Waals surface area contributed by atoms with Crippen LogP contribution in [0.25, 0.3) is 0 Å². The van der Waals surface area contributed by atoms with Gasteiger partial charge in [0, 0.05) is 37.0 Å². The van der Waals surface area contributed by atoms with Gasteiger partial charge in [0.1, 0.15) is 6.10 Å². The van der Waals surface area contributed by atoms with Crippen LogP contribution in [0.3, 0.4) is 0 Å². The summed E-state index contributed by atoms with van der Waals surface area (Å²) in [5, 5.41) is 3.61. The number of pyridine rings is 1. The second-order valence-corrected chi connectivity index (χ2v) is 10.3. The Morgan fingerprint density at radius 1 is 1.06 bits per heavy atom. The molecular formula is C22H26ClN3O5S. The quantitative estimate of drug-likeness (QED) is 0.684. The lowest BCUT2D eigenvalue weighted by Gasteiger charge is -2.29. The average Bonchev–Trinajstić information content (AvgIpc) is 2.82. The molecular weight excluding hydrogens is 454 g/mol. The average molecular weight is 480 g/mol. The van der Waals surface area contributed by atoms with Gasteiger partial charge in [0.25, 0.3) is 5.91 Å². The Balaban J connectivity index is 1.28. The van der Waals surface area contributed by atoms with Gasteiger partial charge < -0.3 is 14.8 Å². The van der Waals surface area contributed by atoms with Crippen molar-refractivity contribution in [2.24, 2.45) is 0 Å². The first-order chi connectivity index (χ1) is 15.4. The monoisotopic (exact) mass is 479 g/mol. The Bertz CT molecular complexity index is 1020. The third kappa shape index (κ3) is 5.58. The van der Waals surface area contributed by atoms with E-state index >= 15 is 0 Å². The molecule has 0 spiro atoms. The fourth-order valence-electron chi connectivity index (χ4n) is 3.91. The van der Waals surface area contributed by atoms with Crippen molar-refractivity contribution in [1.29, 1.82) is 0 Å². The lowest BCUT2D eigenvalue weighted by molar-refractivity contribution is 0.0730. The van der Waals surface area contributed by atoms with Crippen molar-refractivity contribution in [2.75, 3.05) is 26.3 Å². The number of nitrogens with one attached hydrogen (secondary N) is 1. The minimum absolute atomic E-state index is 0.0530. The van der Waals surface area contributed by atoms with Gasteiger partial charge in [-0.25, -0.2) is 13.4 Å². The Kier molecular flexibility index (Phi) is 7.30. The molecule has 10 heteroatoms. The first kappa shape index (κ1) is 23.0. The molecule has 1 aromatic carbocycles. The minimum atomic E-state index is -3.57. The van der Waals surface area contributed by atoms with E-state index in [2.05, 4.69) is 10.3 Å². The van der Waals surface area contributed by atoms with E-state index in [-0.39, 0.29) is 22.9 Å². The van der Waals surface area contributed by atoms with E-state index in [9.17, 15) is 13.2 Å². The summed E-state index contributed by atoms with van der Waals surface area (Å²) >= 11 is 5.84. The molecule has 32 heavy (non-hydrogen) atoms. The highest BCUT2D eigenvalue weighted by Crippen LogP contribution is 2.24. The van der Waals surface area contributed by atoms with Crippen LogP contribution in [0.1, 0.15) is 36.0 Å². The number of morpholine rings is 1. The number of carbonyl (C=O) groups is 1. The van der Waals surface area contributed by atoms with E-state index in [4.69, 9.17) is 21.1 Å². The summed E-state index contributed by atoms with van der Waals surface area (Å²) in [6, 6.07) is 9.64. The van der Waals surface area contributed by atoms with Crippen LogP contribution in [0.2, 0.25) is 5.02 Å². The predicted octanol–water partition coefficient (Wildman–Crippen LogP) is 2.88. The number of rotatable bonds is 6. The van der Waals surface area contributed by atoms with Crippen LogP contribution in [0.15, 0.2) is 47.5 Å². The molecule has 172 valence electrons. The van der Waals surface area contributed by atoms with Crippen LogP contribution in [0, 0.1) is 0 Å². The van der Waals surface area contributed by atoms with Crippen LogP contribution in [-0.4, -0.2) is 62.1 Å². The summed E-state index contributed by atoms with van der Waals surface area (Å²) in [4.78, 5) is 17.0. The Labute approximate surface area is 192 Å². The number of hydrogen-bond acceptors (Lipinski definition) is 6. The summed E-state index contributed by atoms with van der Waals surface area (Å²) in [6.45, 7) is 1.46. The molecule has 2 fully saturated rings. The van der Waals surface area contributed by atoms with Gasteiger partial charge in [-0.3, -0.25) is 4.79 Å². The standard InChI is InChI=1S/C22H26ClN3O5S/c23-17-3-10-21(24-15-17)31-19-6-4-18(5-7-19)25-22(27)16-1-8-20(9-2-16)32(28,29)26-11-13-30-14-12-26/h1-3,8-10,15,18-19H,4-7,11-14H2,(H,25,27). The Hall–Kier alpha value is -2.20. The van der Waals surface area contributed by atoms with Crippen LogP contribution in [0.5, 0.6) is 5.88 Å². The van der Waals surface area contributed by atoms with Gasteiger partial charge in [-0.2, -0.15) is 4.31 Å². The van der Waals surface area contributed by atoms with Crippen molar-refractivity contribution in [1.82, 2.24) is 14.6 Å². The van der Waals surface area contributed by atoms with Gasteiger partial charge in [0.05, 0.1) is 23.1 Å². The second kappa shape index (κ2) is 10.2. The number of hydrogen-bond donors (Lipinski definition) is 1. The number of benzene rings is 1. The van der Waals surface area contributed by atoms with Gasteiger partial charge in [0.15, 0.2) is 0 Å². The summed E-state index contributed by atoms with van der Waals surface area (Å²) in [5.41, 5.74) is 0.440. The van der Waals surface area contributed by atoms with Crippen LogP contribution < -0.4 is 10.1 Å². The third-order valence-corrected chi connectivity index (χ3v) is 7.86. The van der Waals surface area contributed by atoms with Gasteiger partial charge in [-0.15, -0.1) is 0 Å². The van der Waals surface area contributed by atoms with E-state index in [0.29, 0.717) is 42.8 Å². The fraction of sp³-hybridized carbons (Fsp3) is 0.455. The summed E-state index contributed by atoms with van der Waals surface area (Å²) in [5.74, 6) is 0.345. The molecule has 1 aliphatic heterocycles. The van der Waals surface area contributed by atoms with Crippen molar-refractivity contribution in [2.45, 2.75) is 42.7 Å². The zero-order valence-electron chi connectivity index (χ0n) is 17.6. The van der Waals surface area contributed by atoms with Crippen molar-refractivity contribution < 1.29 is 22.7 Å². The molecule has 1 amide bonds. The highest BCUT2D eigenvalue weighted by molar-refractivity contribution is 7.89. The Morgan fingerprint density at radius 3 is 2.38 bits per heavy atom. The van der Waals surface area contributed by atoms with Gasteiger partial charge >= 0.3 is 0 Å². The zero-order valence-corrected chi connectivity index (χ0v) is 19.1. The van der Waals surface area contributed by atoms with Gasteiger partial charge in [-0.1, -0.05) is 11.6 Å². The van der Waals surface area contributed by atoms with Crippen LogP contribution in [-0.2, 0) is 14.8 Å². The summed E-state index contributed by atoms with van der Waals surface area (Å²) in [6.07, 6.45) is 4.83. The van der Waals surface area contributed by atoms with E-state index in [1.54, 1.807) is 30.5 Å². The van der Waals surface area contributed by atoms with Crippen molar-refractivity contribution in [3.63, 3.8) is 0 Å². The normalized spacial score (nSPS) is 22.3. The third-order valence-electron chi connectivity index (χ3n) is 5.72. The second-order valence-electron chi connectivity index (χ2n) is 7.92. The lowest BCUT2D eigenvalue weighted by atomic mass is 9.92. The molecule has 1 aliphatic carbocycles. The summed E-state index contributed by atoms with van der Waals surface area (Å²) < 4.78 is 37.9. The maximum absolute atomic E-state index is 12.7. The van der Waals surface area contributed by atoms with Gasteiger partial charge in [-0.05, 0) is 56.0 Å². The summed E-state index contributed by atoms with van der Waals surface area (Å²) in [7, 11) is -3.57. The maximum Gasteiger partial charge on any atom is 0.251 e. The van der Waals surface area contributed by atoms with E-state index < -0.39 is 10.0 Å². The zero-order chi connectivity index (χ0) is 22.6. The smallest absolute Gasteiger partial charge is 0.251 e. The predicted molar refractivity (Wildman–Crippen MR) is 119 cm³/mol. The van der Waals surface area contributed by atoms with Crippen molar-refractivity contribution in [3.05, 3.63) is 53.2 Å². The largest absolute Gasteiger partial charge is 0.474 e.